The van der Waals surface area contributed by atoms with Crippen molar-refractivity contribution in [2.45, 2.75) is 77.0 Å². The van der Waals surface area contributed by atoms with Crippen LogP contribution in [-0.2, 0) is 21.7 Å². The van der Waals surface area contributed by atoms with E-state index in [4.69, 9.17) is 0 Å². The summed E-state index contributed by atoms with van der Waals surface area (Å²) in [6, 6.07) is 71.7. The first-order valence-electron chi connectivity index (χ1n) is 27.1. The van der Waals surface area contributed by atoms with Gasteiger partial charge < -0.3 is 9.80 Å². The van der Waals surface area contributed by atoms with Crippen molar-refractivity contribution in [1.82, 2.24) is 0 Å². The van der Waals surface area contributed by atoms with Crippen LogP contribution in [0, 0.1) is 0 Å². The Morgan fingerprint density at radius 2 is 0.816 bits per heavy atom. The number of para-hydroxylation sites is 3. The zero-order valence-corrected chi connectivity index (χ0v) is 44.9. The van der Waals surface area contributed by atoms with Crippen molar-refractivity contribution >= 4 is 50.0 Å². The Bertz CT molecular complexity index is 4210. The Morgan fingerprint density at radius 3 is 1.39 bits per heavy atom. The van der Waals surface area contributed by atoms with E-state index in [9.17, 15) is 0 Å². The van der Waals surface area contributed by atoms with E-state index in [1.54, 1.807) is 0 Å². The van der Waals surface area contributed by atoms with E-state index in [1.165, 1.54) is 139 Å². The second-order valence-corrected chi connectivity index (χ2v) is 23.9. The molecule has 0 N–H and O–H groups in total. The first-order valence-corrected chi connectivity index (χ1v) is 27.1. The Balaban J connectivity index is 0.794. The zero-order chi connectivity index (χ0) is 52.2. The van der Waals surface area contributed by atoms with Crippen LogP contribution in [0.5, 0.6) is 0 Å². The monoisotopic (exact) mass is 978 g/mol. The highest BCUT2D eigenvalue weighted by molar-refractivity contribution is 6.09. The van der Waals surface area contributed by atoms with Crippen LogP contribution in [0.1, 0.15) is 99.9 Å². The third-order valence-corrected chi connectivity index (χ3v) is 18.3. The SMILES string of the molecule is C=C/C=C(\C=C)N1c2ccccc2C(C)(C)c2cc3c(cc21)C(C)(C)c1cc(-c2ccc4c(ccc5cc(-c6ccc7c(c6)C(C)(C)c6cc8c(cc6-7)N(c6ccccc6)c6ccccc6C8(C)C)ccc54)c2)ccc1-3. The first-order chi connectivity index (χ1) is 36.6. The predicted octanol–water partition coefficient (Wildman–Crippen LogP) is 20.1. The molecule has 0 radical (unpaired) electrons. The molecular weight excluding hydrogens is 917 g/mol. The average molecular weight is 979 g/mol. The van der Waals surface area contributed by atoms with Gasteiger partial charge in [0.1, 0.15) is 0 Å². The number of nitrogens with zero attached hydrogens (tertiary/aromatic N) is 2. The molecule has 368 valence electrons. The Labute approximate surface area is 448 Å². The van der Waals surface area contributed by atoms with Gasteiger partial charge >= 0.3 is 0 Å². The summed E-state index contributed by atoms with van der Waals surface area (Å²) in [5.41, 5.74) is 27.5. The van der Waals surface area contributed by atoms with Crippen LogP contribution in [0.15, 0.2) is 225 Å². The van der Waals surface area contributed by atoms with Crippen LogP contribution in [0.25, 0.3) is 66.1 Å². The summed E-state index contributed by atoms with van der Waals surface area (Å²) in [5, 5.41) is 5.04. The molecule has 2 heterocycles. The number of anilines is 5. The predicted molar refractivity (Wildman–Crippen MR) is 323 cm³/mol. The minimum Gasteiger partial charge on any atom is -0.310 e. The van der Waals surface area contributed by atoms with Crippen LogP contribution in [0.4, 0.5) is 28.4 Å². The molecule has 0 saturated heterocycles. The molecule has 0 aromatic heterocycles. The zero-order valence-electron chi connectivity index (χ0n) is 44.9. The lowest BCUT2D eigenvalue weighted by Gasteiger charge is -2.43. The van der Waals surface area contributed by atoms with Gasteiger partial charge in [-0.05, 0) is 189 Å². The van der Waals surface area contributed by atoms with Crippen LogP contribution >= 0.6 is 0 Å². The van der Waals surface area contributed by atoms with Gasteiger partial charge in [0.15, 0.2) is 0 Å². The molecule has 14 rings (SSSR count). The molecule has 4 aliphatic rings. The minimum absolute atomic E-state index is 0.164. The molecule has 0 unspecified atom stereocenters. The van der Waals surface area contributed by atoms with E-state index in [0.717, 1.165) is 5.70 Å². The highest BCUT2D eigenvalue weighted by Crippen LogP contribution is 2.60. The van der Waals surface area contributed by atoms with Gasteiger partial charge in [-0.3, -0.25) is 0 Å². The number of hydrogen-bond acceptors (Lipinski definition) is 2. The van der Waals surface area contributed by atoms with Crippen molar-refractivity contribution in [2.75, 3.05) is 9.80 Å². The average Bonchev–Trinajstić information content (AvgIpc) is 4.02. The second-order valence-electron chi connectivity index (χ2n) is 23.9. The van der Waals surface area contributed by atoms with Gasteiger partial charge in [0, 0.05) is 33.0 Å². The van der Waals surface area contributed by atoms with E-state index in [2.05, 4.69) is 272 Å². The molecule has 2 nitrogen and oxygen atoms in total. The summed E-state index contributed by atoms with van der Waals surface area (Å²) in [7, 11) is 0. The van der Waals surface area contributed by atoms with Gasteiger partial charge in [-0.15, -0.1) is 0 Å². The summed E-state index contributed by atoms with van der Waals surface area (Å²) >= 11 is 0. The molecular formula is C74H62N2. The molecule has 10 aromatic rings. The normalized spacial score (nSPS) is 16.4. The number of benzene rings is 10. The minimum atomic E-state index is -0.212. The van der Waals surface area contributed by atoms with E-state index in [-0.39, 0.29) is 21.7 Å². The molecule has 2 aliphatic heterocycles. The van der Waals surface area contributed by atoms with Gasteiger partial charge in [0.2, 0.25) is 0 Å². The molecule has 2 heteroatoms. The Morgan fingerprint density at radius 1 is 0.355 bits per heavy atom. The maximum Gasteiger partial charge on any atom is 0.0509 e. The highest BCUT2D eigenvalue weighted by atomic mass is 15.2. The molecule has 76 heavy (non-hydrogen) atoms. The lowest BCUT2D eigenvalue weighted by atomic mass is 9.71. The molecule has 0 amide bonds. The molecule has 10 aromatic carbocycles. The molecule has 2 aliphatic carbocycles. The van der Waals surface area contributed by atoms with Gasteiger partial charge in [-0.2, -0.15) is 0 Å². The number of fused-ring (bicyclic) bond motifs is 13. The van der Waals surface area contributed by atoms with Gasteiger partial charge in [0.05, 0.1) is 22.7 Å². The molecule has 0 fully saturated rings. The van der Waals surface area contributed by atoms with E-state index in [1.807, 2.05) is 12.2 Å². The van der Waals surface area contributed by atoms with E-state index < -0.39 is 0 Å². The third kappa shape index (κ3) is 6.34. The summed E-state index contributed by atoms with van der Waals surface area (Å²) in [5.74, 6) is 0. The standard InChI is InChI=1S/C74H62N2/c1-11-20-51(12-2)75-67-25-18-16-23-59(67)71(3,4)65-41-57-55-35-31-47(39-61(55)74(9,10)64(57)44-70(65)75)45-29-33-53-49(37-45)27-28-50-38-46(30-34-54(50)53)48-32-36-56-58-42-69-66(43-63(58)73(7,8)62(56)40-48)72(5,6)60-24-17-19-26-68(60)76(69)52-21-14-13-15-22-52/h11-44H,1-2H2,3-10H3/b51-20+. The Hall–Kier alpha value is -8.46. The second kappa shape index (κ2) is 16.0. The summed E-state index contributed by atoms with van der Waals surface area (Å²) in [4.78, 5) is 4.86. The number of rotatable bonds is 6. The number of allylic oxidation sites excluding steroid dienone is 3. The van der Waals surface area contributed by atoms with Crippen molar-refractivity contribution in [3.05, 3.63) is 270 Å². The molecule has 0 saturated carbocycles. The fraction of sp³-hybridized carbons (Fsp3) is 0.162. The molecule has 0 atom stereocenters. The van der Waals surface area contributed by atoms with Crippen LogP contribution < -0.4 is 9.80 Å². The molecule has 0 spiro atoms. The van der Waals surface area contributed by atoms with E-state index in [0.29, 0.717) is 0 Å². The topological polar surface area (TPSA) is 6.48 Å². The van der Waals surface area contributed by atoms with Crippen molar-refractivity contribution in [2.24, 2.45) is 0 Å². The Kier molecular flexibility index (Phi) is 9.72. The van der Waals surface area contributed by atoms with Crippen LogP contribution in [-0.4, -0.2) is 0 Å². The van der Waals surface area contributed by atoms with Crippen molar-refractivity contribution in [3.63, 3.8) is 0 Å². The van der Waals surface area contributed by atoms with Crippen molar-refractivity contribution in [3.8, 4) is 44.5 Å². The summed E-state index contributed by atoms with van der Waals surface area (Å²) in [6.45, 7) is 27.4. The van der Waals surface area contributed by atoms with Crippen molar-refractivity contribution in [1.29, 1.82) is 0 Å². The van der Waals surface area contributed by atoms with Gasteiger partial charge in [0.25, 0.3) is 0 Å². The van der Waals surface area contributed by atoms with Crippen LogP contribution in [0.2, 0.25) is 0 Å². The lowest BCUT2D eigenvalue weighted by Crippen LogP contribution is -2.32. The van der Waals surface area contributed by atoms with Crippen LogP contribution in [0.3, 0.4) is 0 Å². The fourth-order valence-corrected chi connectivity index (χ4v) is 14.1. The summed E-state index contributed by atoms with van der Waals surface area (Å²) in [6.07, 6.45) is 5.87. The van der Waals surface area contributed by atoms with Gasteiger partial charge in [-0.25, -0.2) is 0 Å². The maximum atomic E-state index is 4.24. The lowest BCUT2D eigenvalue weighted by molar-refractivity contribution is 0.620. The van der Waals surface area contributed by atoms with E-state index >= 15 is 0 Å². The smallest absolute Gasteiger partial charge is 0.0509 e. The first kappa shape index (κ1) is 46.1. The maximum absolute atomic E-state index is 4.24. The van der Waals surface area contributed by atoms with Gasteiger partial charge in [-0.1, -0.05) is 196 Å². The third-order valence-electron chi connectivity index (χ3n) is 18.3. The quantitative estimate of drug-likeness (QED) is 0.121. The number of hydrogen-bond donors (Lipinski definition) is 0. The van der Waals surface area contributed by atoms with Crippen molar-refractivity contribution < 1.29 is 0 Å². The summed E-state index contributed by atoms with van der Waals surface area (Å²) < 4.78 is 0. The fourth-order valence-electron chi connectivity index (χ4n) is 14.1. The highest BCUT2D eigenvalue weighted by Gasteiger charge is 2.44. The largest absolute Gasteiger partial charge is 0.310 e. The molecule has 0 bridgehead atoms.